The SMILES string of the molecule is CCOC(=O)c1ncc2[nH]c3cccc(OCc4cccc(Br)c4)c3c2c1COC. The number of nitrogens with one attached hydrogen (secondary N) is 1. The van der Waals surface area contributed by atoms with Crippen LogP contribution in [0, 0.1) is 0 Å². The van der Waals surface area contributed by atoms with Gasteiger partial charge in [0.25, 0.3) is 0 Å². The second-order valence-electron chi connectivity index (χ2n) is 6.75. The summed E-state index contributed by atoms with van der Waals surface area (Å²) in [6.07, 6.45) is 1.65. The number of esters is 1. The number of rotatable bonds is 7. The zero-order valence-electron chi connectivity index (χ0n) is 16.7. The highest BCUT2D eigenvalue weighted by Crippen LogP contribution is 2.36. The van der Waals surface area contributed by atoms with Crippen molar-refractivity contribution in [3.05, 3.63) is 70.0 Å². The fraction of sp³-hybridized carbons (Fsp3) is 0.217. The predicted octanol–water partition coefficient (Wildman–Crippen LogP) is 5.38. The van der Waals surface area contributed by atoms with E-state index in [1.165, 1.54) is 0 Å². The van der Waals surface area contributed by atoms with Crippen molar-refractivity contribution in [2.24, 2.45) is 0 Å². The molecule has 2 aromatic carbocycles. The Hall–Kier alpha value is -2.90. The number of benzene rings is 2. The van der Waals surface area contributed by atoms with Crippen molar-refractivity contribution in [2.75, 3.05) is 13.7 Å². The third kappa shape index (κ3) is 3.91. The second-order valence-corrected chi connectivity index (χ2v) is 7.67. The van der Waals surface area contributed by atoms with Crippen molar-refractivity contribution in [1.82, 2.24) is 9.97 Å². The third-order valence-corrected chi connectivity index (χ3v) is 5.26. The van der Waals surface area contributed by atoms with Crippen LogP contribution in [0.25, 0.3) is 21.8 Å². The van der Waals surface area contributed by atoms with Gasteiger partial charge in [-0.2, -0.15) is 0 Å². The lowest BCUT2D eigenvalue weighted by molar-refractivity contribution is 0.0514. The van der Waals surface area contributed by atoms with Crippen molar-refractivity contribution >= 4 is 43.7 Å². The Balaban J connectivity index is 1.85. The number of methoxy groups -OCH3 is 1. The number of H-pyrrole nitrogens is 1. The molecule has 0 amide bonds. The minimum Gasteiger partial charge on any atom is -0.488 e. The van der Waals surface area contributed by atoms with Crippen molar-refractivity contribution in [3.63, 3.8) is 0 Å². The molecule has 0 fully saturated rings. The first-order valence-electron chi connectivity index (χ1n) is 9.58. The lowest BCUT2D eigenvalue weighted by Crippen LogP contribution is -2.11. The van der Waals surface area contributed by atoms with Crippen LogP contribution in [0.3, 0.4) is 0 Å². The van der Waals surface area contributed by atoms with Crippen LogP contribution in [0.5, 0.6) is 5.75 Å². The average Bonchev–Trinajstić information content (AvgIpc) is 3.12. The maximum atomic E-state index is 12.5. The number of aromatic amines is 1. The first-order valence-corrected chi connectivity index (χ1v) is 10.4. The molecule has 4 aromatic rings. The van der Waals surface area contributed by atoms with Gasteiger partial charge in [0.1, 0.15) is 12.4 Å². The summed E-state index contributed by atoms with van der Waals surface area (Å²) < 4.78 is 17.8. The molecule has 0 saturated carbocycles. The quantitative estimate of drug-likeness (QED) is 0.368. The largest absolute Gasteiger partial charge is 0.488 e. The van der Waals surface area contributed by atoms with Gasteiger partial charge in [0.05, 0.1) is 30.4 Å². The molecule has 0 saturated heterocycles. The van der Waals surface area contributed by atoms with E-state index >= 15 is 0 Å². The molecule has 1 N–H and O–H groups in total. The topological polar surface area (TPSA) is 73.4 Å². The molecule has 0 radical (unpaired) electrons. The van der Waals surface area contributed by atoms with Crippen LogP contribution < -0.4 is 4.74 Å². The highest BCUT2D eigenvalue weighted by molar-refractivity contribution is 9.10. The molecular weight excluding hydrogens is 448 g/mol. The van der Waals surface area contributed by atoms with Crippen LogP contribution in [0.15, 0.2) is 53.1 Å². The number of carbonyl (C=O) groups is 1. The number of fused-ring (bicyclic) bond motifs is 3. The Labute approximate surface area is 182 Å². The summed E-state index contributed by atoms with van der Waals surface area (Å²) in [7, 11) is 1.59. The maximum Gasteiger partial charge on any atom is 0.357 e. The first kappa shape index (κ1) is 20.4. The normalized spacial score (nSPS) is 11.2. The zero-order valence-corrected chi connectivity index (χ0v) is 18.3. The Morgan fingerprint density at radius 1 is 1.10 bits per heavy atom. The van der Waals surface area contributed by atoms with E-state index in [0.717, 1.165) is 37.6 Å². The van der Waals surface area contributed by atoms with Crippen LogP contribution in [-0.2, 0) is 22.7 Å². The summed E-state index contributed by atoms with van der Waals surface area (Å²) in [6.45, 7) is 2.69. The number of ether oxygens (including phenoxy) is 3. The molecule has 0 spiro atoms. The summed E-state index contributed by atoms with van der Waals surface area (Å²) >= 11 is 3.49. The molecule has 0 atom stereocenters. The summed E-state index contributed by atoms with van der Waals surface area (Å²) in [5.41, 5.74) is 3.69. The van der Waals surface area contributed by atoms with E-state index in [2.05, 4.69) is 25.9 Å². The molecule has 2 heterocycles. The molecule has 2 aromatic heterocycles. The van der Waals surface area contributed by atoms with E-state index in [4.69, 9.17) is 14.2 Å². The van der Waals surface area contributed by atoms with Crippen molar-refractivity contribution in [2.45, 2.75) is 20.1 Å². The molecule has 0 aliphatic carbocycles. The number of pyridine rings is 1. The van der Waals surface area contributed by atoms with Crippen molar-refractivity contribution in [1.29, 1.82) is 0 Å². The van der Waals surface area contributed by atoms with Crippen molar-refractivity contribution in [3.8, 4) is 5.75 Å². The molecular formula is C23H21BrN2O4. The molecule has 0 bridgehead atoms. The van der Waals surface area contributed by atoms with Gasteiger partial charge in [-0.1, -0.05) is 34.1 Å². The van der Waals surface area contributed by atoms with Crippen LogP contribution in [0.1, 0.15) is 28.5 Å². The average molecular weight is 469 g/mol. The number of carbonyl (C=O) groups excluding carboxylic acids is 1. The minimum absolute atomic E-state index is 0.228. The van der Waals surface area contributed by atoms with Gasteiger partial charge < -0.3 is 19.2 Å². The number of halogens is 1. The van der Waals surface area contributed by atoms with Crippen LogP contribution in [0.4, 0.5) is 0 Å². The summed E-state index contributed by atoms with van der Waals surface area (Å²) in [5.74, 6) is 0.255. The maximum absolute atomic E-state index is 12.5. The Morgan fingerprint density at radius 3 is 2.70 bits per heavy atom. The minimum atomic E-state index is -0.465. The fourth-order valence-corrected chi connectivity index (χ4v) is 3.99. The molecule has 4 rings (SSSR count). The van der Waals surface area contributed by atoms with E-state index in [-0.39, 0.29) is 18.9 Å². The first-order chi connectivity index (χ1) is 14.6. The van der Waals surface area contributed by atoms with Gasteiger partial charge >= 0.3 is 5.97 Å². The number of hydrogen-bond donors (Lipinski definition) is 1. The molecule has 7 heteroatoms. The van der Waals surface area contributed by atoms with Gasteiger partial charge in [-0.05, 0) is 36.8 Å². The lowest BCUT2D eigenvalue weighted by Gasteiger charge is -2.11. The van der Waals surface area contributed by atoms with Gasteiger partial charge in [0.2, 0.25) is 0 Å². The van der Waals surface area contributed by atoms with Gasteiger partial charge in [-0.15, -0.1) is 0 Å². The molecule has 6 nitrogen and oxygen atoms in total. The molecule has 30 heavy (non-hydrogen) atoms. The second kappa shape index (κ2) is 8.85. The zero-order chi connectivity index (χ0) is 21.1. The lowest BCUT2D eigenvalue weighted by atomic mass is 10.0. The smallest absolute Gasteiger partial charge is 0.357 e. The van der Waals surface area contributed by atoms with E-state index in [0.29, 0.717) is 12.2 Å². The standard InChI is InChI=1S/C23H21BrN2O4/c1-3-29-23(27)22-16(13-28-2)20-18(11-25-22)26-17-8-5-9-19(21(17)20)30-12-14-6-4-7-15(24)10-14/h4-11,26H,3,12-13H2,1-2H3. The summed E-state index contributed by atoms with van der Waals surface area (Å²) in [4.78, 5) is 20.2. The van der Waals surface area contributed by atoms with Gasteiger partial charge in [0, 0.05) is 27.9 Å². The van der Waals surface area contributed by atoms with Crippen LogP contribution >= 0.6 is 15.9 Å². The van der Waals surface area contributed by atoms with Gasteiger partial charge in [0.15, 0.2) is 5.69 Å². The third-order valence-electron chi connectivity index (χ3n) is 4.77. The number of nitrogens with zero attached hydrogens (tertiary/aromatic N) is 1. The highest BCUT2D eigenvalue weighted by Gasteiger charge is 2.21. The van der Waals surface area contributed by atoms with E-state index in [1.54, 1.807) is 20.2 Å². The molecule has 0 aliphatic heterocycles. The molecule has 0 unspecified atom stereocenters. The van der Waals surface area contributed by atoms with Crippen LogP contribution in [0.2, 0.25) is 0 Å². The monoisotopic (exact) mass is 468 g/mol. The summed E-state index contributed by atoms with van der Waals surface area (Å²) in [5, 5.41) is 1.75. The highest BCUT2D eigenvalue weighted by atomic mass is 79.9. The molecule has 154 valence electrons. The molecule has 0 aliphatic rings. The van der Waals surface area contributed by atoms with Gasteiger partial charge in [-0.3, -0.25) is 0 Å². The summed E-state index contributed by atoms with van der Waals surface area (Å²) in [6, 6.07) is 13.8. The number of aromatic nitrogens is 2. The Kier molecular flexibility index (Phi) is 6.01. The van der Waals surface area contributed by atoms with Gasteiger partial charge in [-0.25, -0.2) is 9.78 Å². The van der Waals surface area contributed by atoms with E-state index in [1.807, 2.05) is 42.5 Å². The Morgan fingerprint density at radius 2 is 1.93 bits per heavy atom. The number of hydrogen-bond acceptors (Lipinski definition) is 5. The predicted molar refractivity (Wildman–Crippen MR) is 119 cm³/mol. The van der Waals surface area contributed by atoms with Crippen molar-refractivity contribution < 1.29 is 19.0 Å². The van der Waals surface area contributed by atoms with Crippen LogP contribution in [-0.4, -0.2) is 29.7 Å². The van der Waals surface area contributed by atoms with E-state index in [9.17, 15) is 4.79 Å². The fourth-order valence-electron chi connectivity index (χ4n) is 3.54. The Bertz CT molecular complexity index is 1220. The van der Waals surface area contributed by atoms with E-state index < -0.39 is 5.97 Å².